The van der Waals surface area contributed by atoms with Gasteiger partial charge in [0.05, 0.1) is 0 Å². The third-order valence-corrected chi connectivity index (χ3v) is 4.10. The molecule has 2 aliphatic carbocycles. The zero-order valence-electron chi connectivity index (χ0n) is 12.2. The second kappa shape index (κ2) is 6.08. The molecule has 0 spiro atoms. The lowest BCUT2D eigenvalue weighted by molar-refractivity contribution is 0.568. The summed E-state index contributed by atoms with van der Waals surface area (Å²) in [5, 5.41) is 3.27. The lowest BCUT2D eigenvalue weighted by Crippen LogP contribution is -2.30. The Morgan fingerprint density at radius 1 is 1.35 bits per heavy atom. The van der Waals surface area contributed by atoms with Gasteiger partial charge in [-0.2, -0.15) is 0 Å². The number of aromatic nitrogens is 1. The molecular formula is C16H24FN3. The lowest BCUT2D eigenvalue weighted by atomic mass is 10.2. The normalized spacial score (nSPS) is 18.3. The van der Waals surface area contributed by atoms with Crippen molar-refractivity contribution < 1.29 is 4.39 Å². The summed E-state index contributed by atoms with van der Waals surface area (Å²) in [6.45, 7) is 4.62. The molecule has 1 heterocycles. The summed E-state index contributed by atoms with van der Waals surface area (Å²) in [5.74, 6) is 1.22. The van der Waals surface area contributed by atoms with Gasteiger partial charge in [-0.3, -0.25) is 0 Å². The summed E-state index contributed by atoms with van der Waals surface area (Å²) in [6.07, 6.45) is 7.78. The van der Waals surface area contributed by atoms with E-state index in [1.807, 2.05) is 0 Å². The highest BCUT2D eigenvalue weighted by Crippen LogP contribution is 2.38. The largest absolute Gasteiger partial charge is 0.351 e. The number of halogens is 1. The van der Waals surface area contributed by atoms with Crippen LogP contribution in [0.1, 0.15) is 44.6 Å². The monoisotopic (exact) mass is 277 g/mol. The van der Waals surface area contributed by atoms with Crippen LogP contribution >= 0.6 is 0 Å². The maximum absolute atomic E-state index is 14.7. The zero-order chi connectivity index (χ0) is 13.9. The Bertz CT molecular complexity index is 455. The van der Waals surface area contributed by atoms with Crippen LogP contribution in [0, 0.1) is 11.7 Å². The molecule has 0 aliphatic heterocycles. The van der Waals surface area contributed by atoms with E-state index in [4.69, 9.17) is 0 Å². The van der Waals surface area contributed by atoms with E-state index in [2.05, 4.69) is 22.1 Å². The predicted molar refractivity (Wildman–Crippen MR) is 79.3 cm³/mol. The summed E-state index contributed by atoms with van der Waals surface area (Å²) in [6, 6.07) is 2.32. The van der Waals surface area contributed by atoms with Crippen LogP contribution in [0.15, 0.2) is 12.3 Å². The van der Waals surface area contributed by atoms with E-state index < -0.39 is 0 Å². The first-order chi connectivity index (χ1) is 9.79. The van der Waals surface area contributed by atoms with Gasteiger partial charge >= 0.3 is 0 Å². The van der Waals surface area contributed by atoms with Gasteiger partial charge in [0, 0.05) is 30.9 Å². The molecule has 2 aliphatic rings. The van der Waals surface area contributed by atoms with Gasteiger partial charge in [-0.15, -0.1) is 0 Å². The lowest BCUT2D eigenvalue weighted by Gasteiger charge is -2.24. The topological polar surface area (TPSA) is 28.2 Å². The molecule has 0 aromatic carbocycles. The molecule has 0 radical (unpaired) electrons. The van der Waals surface area contributed by atoms with Gasteiger partial charge in [-0.1, -0.05) is 6.92 Å². The second-order valence-electron chi connectivity index (χ2n) is 6.11. The van der Waals surface area contributed by atoms with Crippen LogP contribution in [0.5, 0.6) is 0 Å². The number of pyridine rings is 1. The van der Waals surface area contributed by atoms with E-state index in [1.165, 1.54) is 25.7 Å². The minimum atomic E-state index is -0.122. The Morgan fingerprint density at radius 2 is 2.15 bits per heavy atom. The van der Waals surface area contributed by atoms with E-state index in [9.17, 15) is 4.39 Å². The van der Waals surface area contributed by atoms with Crippen LogP contribution in [0.2, 0.25) is 0 Å². The van der Waals surface area contributed by atoms with Crippen LogP contribution in [-0.2, 0) is 6.54 Å². The van der Waals surface area contributed by atoms with E-state index >= 15 is 0 Å². The molecule has 0 bridgehead atoms. The quantitative estimate of drug-likeness (QED) is 0.740. The summed E-state index contributed by atoms with van der Waals surface area (Å²) in [7, 11) is 0. The molecule has 0 unspecified atom stereocenters. The van der Waals surface area contributed by atoms with Crippen LogP contribution in [0.3, 0.4) is 0 Å². The number of nitrogens with one attached hydrogen (secondary N) is 1. The van der Waals surface area contributed by atoms with Crippen LogP contribution in [-0.4, -0.2) is 24.1 Å². The molecule has 1 aromatic heterocycles. The smallest absolute Gasteiger partial charge is 0.170 e. The average molecular weight is 277 g/mol. The van der Waals surface area contributed by atoms with Crippen molar-refractivity contribution in [1.82, 2.24) is 10.3 Å². The van der Waals surface area contributed by atoms with Crippen molar-refractivity contribution in [3.8, 4) is 0 Å². The molecule has 4 heteroatoms. The SMILES string of the molecule is CCCNCc1ccnc(N(CC2CC2)C2CC2)c1F. The van der Waals surface area contributed by atoms with Crippen LogP contribution in [0.25, 0.3) is 0 Å². The van der Waals surface area contributed by atoms with Crippen molar-refractivity contribution in [3.05, 3.63) is 23.6 Å². The summed E-state index contributed by atoms with van der Waals surface area (Å²) in [5.41, 5.74) is 0.741. The molecule has 20 heavy (non-hydrogen) atoms. The first-order valence-corrected chi connectivity index (χ1v) is 7.90. The van der Waals surface area contributed by atoms with Crippen molar-refractivity contribution in [2.45, 2.75) is 51.6 Å². The van der Waals surface area contributed by atoms with Gasteiger partial charge in [-0.25, -0.2) is 9.37 Å². The highest BCUT2D eigenvalue weighted by Gasteiger charge is 2.35. The minimum absolute atomic E-state index is 0.122. The summed E-state index contributed by atoms with van der Waals surface area (Å²) >= 11 is 0. The second-order valence-corrected chi connectivity index (χ2v) is 6.11. The van der Waals surface area contributed by atoms with Gasteiger partial charge in [0.1, 0.15) is 0 Å². The van der Waals surface area contributed by atoms with Crippen molar-refractivity contribution in [1.29, 1.82) is 0 Å². The average Bonchev–Trinajstić information content (AvgIpc) is 3.32. The predicted octanol–water partition coefficient (Wildman–Crippen LogP) is 3.10. The molecule has 0 amide bonds. The van der Waals surface area contributed by atoms with Crippen molar-refractivity contribution in [3.63, 3.8) is 0 Å². The van der Waals surface area contributed by atoms with Crippen LogP contribution in [0.4, 0.5) is 10.2 Å². The van der Waals surface area contributed by atoms with Gasteiger partial charge in [0.15, 0.2) is 11.6 Å². The first kappa shape index (κ1) is 13.8. The Morgan fingerprint density at radius 3 is 2.80 bits per heavy atom. The van der Waals surface area contributed by atoms with Gasteiger partial charge in [-0.05, 0) is 50.6 Å². The van der Waals surface area contributed by atoms with E-state index in [1.54, 1.807) is 12.3 Å². The Balaban J connectivity index is 1.74. The van der Waals surface area contributed by atoms with Crippen molar-refractivity contribution >= 4 is 5.82 Å². The standard InChI is InChI=1S/C16H24FN3/c1-2-8-18-10-13-7-9-19-16(15(13)17)20(14-5-6-14)11-12-3-4-12/h7,9,12,14,18H,2-6,8,10-11H2,1H3. The highest BCUT2D eigenvalue weighted by molar-refractivity contribution is 5.45. The minimum Gasteiger partial charge on any atom is -0.351 e. The van der Waals surface area contributed by atoms with Crippen molar-refractivity contribution in [2.24, 2.45) is 5.92 Å². The first-order valence-electron chi connectivity index (χ1n) is 7.90. The van der Waals surface area contributed by atoms with Gasteiger partial charge in [0.25, 0.3) is 0 Å². The maximum Gasteiger partial charge on any atom is 0.170 e. The number of hydrogen-bond donors (Lipinski definition) is 1. The molecule has 2 saturated carbocycles. The molecular weight excluding hydrogens is 253 g/mol. The van der Waals surface area contributed by atoms with E-state index in [0.717, 1.165) is 31.0 Å². The molecule has 3 nitrogen and oxygen atoms in total. The molecule has 1 aromatic rings. The Labute approximate surface area is 120 Å². The molecule has 1 N–H and O–H groups in total. The maximum atomic E-state index is 14.7. The number of anilines is 1. The fraction of sp³-hybridized carbons (Fsp3) is 0.688. The van der Waals surface area contributed by atoms with Gasteiger partial charge in [0.2, 0.25) is 0 Å². The number of hydrogen-bond acceptors (Lipinski definition) is 3. The van der Waals surface area contributed by atoms with Crippen molar-refractivity contribution in [2.75, 3.05) is 18.0 Å². The number of nitrogens with zero attached hydrogens (tertiary/aromatic N) is 2. The number of rotatable bonds is 8. The van der Waals surface area contributed by atoms with Crippen LogP contribution < -0.4 is 10.2 Å². The molecule has 0 atom stereocenters. The fourth-order valence-corrected chi connectivity index (χ4v) is 2.58. The third kappa shape index (κ3) is 3.29. The molecule has 110 valence electrons. The Hall–Kier alpha value is -1.16. The highest BCUT2D eigenvalue weighted by atomic mass is 19.1. The summed E-state index contributed by atoms with van der Waals surface area (Å²) in [4.78, 5) is 6.55. The molecule has 3 rings (SSSR count). The molecule has 0 saturated heterocycles. The van der Waals surface area contributed by atoms with E-state index in [0.29, 0.717) is 18.4 Å². The molecule has 2 fully saturated rings. The van der Waals surface area contributed by atoms with Gasteiger partial charge < -0.3 is 10.2 Å². The zero-order valence-corrected chi connectivity index (χ0v) is 12.2. The fourth-order valence-electron chi connectivity index (χ4n) is 2.58. The van der Waals surface area contributed by atoms with E-state index in [-0.39, 0.29) is 5.82 Å². The Kier molecular flexibility index (Phi) is 4.20. The summed E-state index contributed by atoms with van der Waals surface area (Å²) < 4.78 is 14.7. The third-order valence-electron chi connectivity index (χ3n) is 4.10.